The Morgan fingerprint density at radius 1 is 1.00 bits per heavy atom. The zero-order valence-corrected chi connectivity index (χ0v) is 17.5. The highest BCUT2D eigenvalue weighted by molar-refractivity contribution is 5.99. The van der Waals surface area contributed by atoms with E-state index in [4.69, 9.17) is 9.15 Å². The molecule has 0 atom stereocenters. The Morgan fingerprint density at radius 2 is 1.69 bits per heavy atom. The van der Waals surface area contributed by atoms with Gasteiger partial charge in [-0.2, -0.15) is 5.10 Å². The fourth-order valence-electron chi connectivity index (χ4n) is 3.50. The summed E-state index contributed by atoms with van der Waals surface area (Å²) in [5.74, 6) is 0.727. The van der Waals surface area contributed by atoms with Crippen LogP contribution in [0.25, 0.3) is 11.0 Å². The molecule has 4 rings (SSSR count). The maximum atomic E-state index is 11.7. The van der Waals surface area contributed by atoms with Gasteiger partial charge in [0.2, 0.25) is 0 Å². The van der Waals surface area contributed by atoms with Crippen molar-refractivity contribution in [3.63, 3.8) is 0 Å². The Labute approximate surface area is 170 Å². The summed E-state index contributed by atoms with van der Waals surface area (Å²) in [7, 11) is 0. The lowest BCUT2D eigenvalue weighted by molar-refractivity contribution is 0.171. The van der Waals surface area contributed by atoms with E-state index in [9.17, 15) is 4.79 Å². The van der Waals surface area contributed by atoms with Crippen LogP contribution in [-0.2, 0) is 11.8 Å². The van der Waals surface area contributed by atoms with Gasteiger partial charge in [0.1, 0.15) is 16.9 Å². The van der Waals surface area contributed by atoms with E-state index in [0.717, 1.165) is 28.1 Å². The Morgan fingerprint density at radius 3 is 2.38 bits per heavy atom. The molecule has 1 aliphatic rings. The van der Waals surface area contributed by atoms with Gasteiger partial charge in [-0.1, -0.05) is 32.9 Å². The van der Waals surface area contributed by atoms with E-state index in [1.807, 2.05) is 38.1 Å². The van der Waals surface area contributed by atoms with Crippen LogP contribution in [-0.4, -0.2) is 11.3 Å². The molecule has 150 valence electrons. The van der Waals surface area contributed by atoms with E-state index >= 15 is 0 Å². The van der Waals surface area contributed by atoms with Crippen LogP contribution in [0.3, 0.4) is 0 Å². The molecule has 2 heterocycles. The number of fused-ring (bicyclic) bond motifs is 3. The number of hydrogen-bond donors (Lipinski definition) is 1. The zero-order valence-electron chi connectivity index (χ0n) is 17.5. The SMILES string of the molecule is CC1(C)Oc2ccc3ccc(=O)oc3c2C/C1=N/Nc1ccc(C(C)(C)C)cc1. The van der Waals surface area contributed by atoms with Crippen LogP contribution in [0.1, 0.15) is 45.7 Å². The predicted octanol–water partition coefficient (Wildman–Crippen LogP) is 5.27. The molecule has 3 aromatic rings. The van der Waals surface area contributed by atoms with Crippen LogP contribution in [0.5, 0.6) is 5.75 Å². The maximum absolute atomic E-state index is 11.7. The van der Waals surface area contributed by atoms with Crippen molar-refractivity contribution in [2.45, 2.75) is 52.1 Å². The summed E-state index contributed by atoms with van der Waals surface area (Å²) in [5.41, 5.74) is 6.75. The third kappa shape index (κ3) is 3.77. The number of nitrogens with one attached hydrogen (secondary N) is 1. The summed E-state index contributed by atoms with van der Waals surface area (Å²) in [6, 6.07) is 15.3. The summed E-state index contributed by atoms with van der Waals surface area (Å²) in [5, 5.41) is 5.52. The summed E-state index contributed by atoms with van der Waals surface area (Å²) in [6.07, 6.45) is 0.541. The zero-order chi connectivity index (χ0) is 20.8. The summed E-state index contributed by atoms with van der Waals surface area (Å²) in [4.78, 5) is 11.7. The van der Waals surface area contributed by atoms with Crippen LogP contribution >= 0.6 is 0 Å². The second kappa shape index (κ2) is 6.76. The molecule has 0 saturated heterocycles. The third-order valence-electron chi connectivity index (χ3n) is 5.32. The van der Waals surface area contributed by atoms with Crippen LogP contribution in [0, 0.1) is 0 Å². The molecular formula is C24H26N2O3. The minimum absolute atomic E-state index is 0.109. The van der Waals surface area contributed by atoms with E-state index in [2.05, 4.69) is 43.4 Å². The second-order valence-electron chi connectivity index (χ2n) is 9.00. The van der Waals surface area contributed by atoms with Gasteiger partial charge in [-0.25, -0.2) is 4.79 Å². The molecule has 29 heavy (non-hydrogen) atoms. The monoisotopic (exact) mass is 390 g/mol. The van der Waals surface area contributed by atoms with Crippen molar-refractivity contribution in [2.75, 3.05) is 5.43 Å². The smallest absolute Gasteiger partial charge is 0.336 e. The van der Waals surface area contributed by atoms with Crippen molar-refractivity contribution in [1.29, 1.82) is 0 Å². The number of hydrazone groups is 1. The highest BCUT2D eigenvalue weighted by Crippen LogP contribution is 2.36. The van der Waals surface area contributed by atoms with Crippen LogP contribution in [0.2, 0.25) is 0 Å². The molecule has 0 aliphatic carbocycles. The fraction of sp³-hybridized carbons (Fsp3) is 0.333. The Hall–Kier alpha value is -3.08. The molecule has 0 fully saturated rings. The molecule has 1 aromatic heterocycles. The number of rotatable bonds is 2. The van der Waals surface area contributed by atoms with Gasteiger partial charge in [-0.3, -0.25) is 5.43 Å². The van der Waals surface area contributed by atoms with Gasteiger partial charge in [0.15, 0.2) is 0 Å². The molecule has 1 N–H and O–H groups in total. The van der Waals surface area contributed by atoms with Crippen LogP contribution < -0.4 is 15.8 Å². The number of hydrogen-bond acceptors (Lipinski definition) is 5. The molecule has 0 saturated carbocycles. The lowest BCUT2D eigenvalue weighted by Crippen LogP contribution is -2.43. The first kappa shape index (κ1) is 19.2. The van der Waals surface area contributed by atoms with Gasteiger partial charge >= 0.3 is 5.63 Å². The van der Waals surface area contributed by atoms with E-state index in [1.165, 1.54) is 11.6 Å². The molecule has 5 heteroatoms. The third-order valence-corrected chi connectivity index (χ3v) is 5.32. The van der Waals surface area contributed by atoms with E-state index in [1.54, 1.807) is 6.07 Å². The molecule has 0 bridgehead atoms. The molecule has 2 aromatic carbocycles. The lowest BCUT2D eigenvalue weighted by atomic mass is 9.87. The first-order chi connectivity index (χ1) is 13.6. The standard InChI is InChI=1S/C24H26N2O3/c1-23(2,3)16-8-10-17(11-9-16)25-26-20-14-18-19(29-24(20,4)5)12-6-15-7-13-21(27)28-22(15)18/h6-13,25H,14H2,1-5H3/b26-20-. The topological polar surface area (TPSA) is 63.8 Å². The van der Waals surface area contributed by atoms with Crippen molar-refractivity contribution in [3.8, 4) is 5.75 Å². The normalized spacial score (nSPS) is 17.1. The number of nitrogens with zero attached hydrogens (tertiary/aromatic N) is 1. The van der Waals surface area contributed by atoms with Gasteiger partial charge in [0.05, 0.1) is 11.4 Å². The first-order valence-electron chi connectivity index (χ1n) is 9.82. The molecular weight excluding hydrogens is 364 g/mol. The van der Waals surface area contributed by atoms with E-state index < -0.39 is 5.60 Å². The number of anilines is 1. The maximum Gasteiger partial charge on any atom is 0.336 e. The molecule has 1 aliphatic heterocycles. The van der Waals surface area contributed by atoms with Crippen molar-refractivity contribution in [3.05, 3.63) is 70.1 Å². The van der Waals surface area contributed by atoms with E-state index in [0.29, 0.717) is 12.0 Å². The second-order valence-corrected chi connectivity index (χ2v) is 9.00. The highest BCUT2D eigenvalue weighted by Gasteiger charge is 2.35. The quantitative estimate of drug-likeness (QED) is 0.478. The minimum atomic E-state index is -0.575. The van der Waals surface area contributed by atoms with Gasteiger partial charge in [-0.05, 0) is 55.2 Å². The molecule has 0 unspecified atom stereocenters. The number of benzene rings is 2. The predicted molar refractivity (Wildman–Crippen MR) is 117 cm³/mol. The van der Waals surface area contributed by atoms with Gasteiger partial charge < -0.3 is 9.15 Å². The minimum Gasteiger partial charge on any atom is -0.481 e. The van der Waals surface area contributed by atoms with Gasteiger partial charge in [-0.15, -0.1) is 0 Å². The Bertz CT molecular complexity index is 1150. The fourth-order valence-corrected chi connectivity index (χ4v) is 3.50. The first-order valence-corrected chi connectivity index (χ1v) is 9.82. The molecule has 0 radical (unpaired) electrons. The largest absolute Gasteiger partial charge is 0.481 e. The molecule has 5 nitrogen and oxygen atoms in total. The summed E-state index contributed by atoms with van der Waals surface area (Å²) in [6.45, 7) is 10.6. The van der Waals surface area contributed by atoms with Crippen molar-refractivity contribution in [1.82, 2.24) is 0 Å². The van der Waals surface area contributed by atoms with Crippen molar-refractivity contribution < 1.29 is 9.15 Å². The van der Waals surface area contributed by atoms with Gasteiger partial charge in [0.25, 0.3) is 0 Å². The summed E-state index contributed by atoms with van der Waals surface area (Å²) >= 11 is 0. The van der Waals surface area contributed by atoms with E-state index in [-0.39, 0.29) is 11.0 Å². The summed E-state index contributed by atoms with van der Waals surface area (Å²) < 4.78 is 11.7. The molecule has 0 amide bonds. The number of ether oxygens (including phenoxy) is 1. The van der Waals surface area contributed by atoms with Crippen LogP contribution in [0.15, 0.2) is 62.8 Å². The van der Waals surface area contributed by atoms with Gasteiger partial charge in [0, 0.05) is 23.4 Å². The van der Waals surface area contributed by atoms with Crippen molar-refractivity contribution >= 4 is 22.4 Å². The van der Waals surface area contributed by atoms with Crippen LogP contribution in [0.4, 0.5) is 5.69 Å². The average Bonchev–Trinajstić information content (AvgIpc) is 2.65. The Kier molecular flexibility index (Phi) is 4.49. The Balaban J connectivity index is 1.66. The lowest BCUT2D eigenvalue weighted by Gasteiger charge is -2.34. The van der Waals surface area contributed by atoms with Crippen molar-refractivity contribution in [2.24, 2.45) is 5.10 Å². The highest BCUT2D eigenvalue weighted by atomic mass is 16.5. The average molecular weight is 390 g/mol. The molecule has 0 spiro atoms.